The first-order valence-corrected chi connectivity index (χ1v) is 7.89. The summed E-state index contributed by atoms with van der Waals surface area (Å²) in [4.78, 5) is 17.0. The molecular formula is C17H26N2O2. The monoisotopic (exact) mass is 290 g/mol. The molecule has 0 bridgehead atoms. The van der Waals surface area contributed by atoms with Crippen molar-refractivity contribution >= 4 is 5.78 Å². The van der Waals surface area contributed by atoms with E-state index in [0.29, 0.717) is 23.8 Å². The zero-order valence-electron chi connectivity index (χ0n) is 13.3. The van der Waals surface area contributed by atoms with Crippen LogP contribution in [-0.4, -0.2) is 30.5 Å². The Balaban J connectivity index is 2.14. The highest BCUT2D eigenvalue weighted by atomic mass is 16.5. The van der Waals surface area contributed by atoms with Crippen LogP contribution in [-0.2, 0) is 0 Å². The number of pyridine rings is 1. The molecule has 0 radical (unpaired) electrons. The number of nitrogens with zero attached hydrogens (tertiary/aromatic N) is 1. The van der Waals surface area contributed by atoms with Crippen LogP contribution in [0.5, 0.6) is 5.75 Å². The number of ether oxygens (including phenoxy) is 1. The molecule has 0 aromatic carbocycles. The van der Waals surface area contributed by atoms with Crippen molar-refractivity contribution in [1.29, 1.82) is 0 Å². The zero-order chi connectivity index (χ0) is 15.3. The lowest BCUT2D eigenvalue weighted by atomic mass is 9.70. The third kappa shape index (κ3) is 3.82. The van der Waals surface area contributed by atoms with E-state index in [1.165, 1.54) is 0 Å². The third-order valence-electron chi connectivity index (χ3n) is 4.35. The summed E-state index contributed by atoms with van der Waals surface area (Å²) < 4.78 is 5.58. The number of nitrogens with one attached hydrogen (secondary N) is 1. The van der Waals surface area contributed by atoms with E-state index in [4.69, 9.17) is 4.74 Å². The Bertz CT molecular complexity index is 479. The maximum Gasteiger partial charge on any atom is 0.170 e. The fraction of sp³-hybridized carbons (Fsp3) is 0.647. The molecule has 1 fully saturated rings. The van der Waals surface area contributed by atoms with E-state index in [9.17, 15) is 4.79 Å². The van der Waals surface area contributed by atoms with Crippen molar-refractivity contribution in [3.8, 4) is 5.75 Å². The molecule has 1 saturated heterocycles. The quantitative estimate of drug-likeness (QED) is 0.818. The maximum atomic E-state index is 12.9. The minimum absolute atomic E-state index is 0.158. The van der Waals surface area contributed by atoms with E-state index in [0.717, 1.165) is 32.4 Å². The van der Waals surface area contributed by atoms with Gasteiger partial charge < -0.3 is 10.1 Å². The molecule has 1 aromatic rings. The van der Waals surface area contributed by atoms with Crippen LogP contribution in [0.3, 0.4) is 0 Å². The van der Waals surface area contributed by atoms with E-state index < -0.39 is 0 Å². The topological polar surface area (TPSA) is 51.2 Å². The van der Waals surface area contributed by atoms with Crippen molar-refractivity contribution in [3.63, 3.8) is 0 Å². The molecule has 1 unspecified atom stereocenters. The predicted octanol–water partition coefficient (Wildman–Crippen LogP) is 3.08. The Morgan fingerprint density at radius 2 is 2.29 bits per heavy atom. The number of rotatable bonds is 6. The molecule has 116 valence electrons. The number of ketones is 1. The van der Waals surface area contributed by atoms with Gasteiger partial charge in [0, 0.05) is 17.2 Å². The van der Waals surface area contributed by atoms with Gasteiger partial charge in [0.25, 0.3) is 0 Å². The molecule has 4 heteroatoms. The zero-order valence-corrected chi connectivity index (χ0v) is 13.3. The number of carbonyl (C=O) groups is 1. The van der Waals surface area contributed by atoms with Crippen molar-refractivity contribution in [2.45, 2.75) is 40.0 Å². The molecule has 0 amide bonds. The van der Waals surface area contributed by atoms with Crippen LogP contribution in [0.1, 0.15) is 50.4 Å². The first-order chi connectivity index (χ1) is 10.1. The van der Waals surface area contributed by atoms with E-state index in [1.54, 1.807) is 12.4 Å². The van der Waals surface area contributed by atoms with Crippen molar-refractivity contribution in [2.75, 3.05) is 19.7 Å². The van der Waals surface area contributed by atoms with Crippen molar-refractivity contribution in [1.82, 2.24) is 10.3 Å². The first kappa shape index (κ1) is 16.0. The summed E-state index contributed by atoms with van der Waals surface area (Å²) in [6.07, 6.45) is 6.50. The number of Topliss-reactive ketones (excluding diaryl/α,β-unsaturated/α-hetero) is 1. The molecular weight excluding hydrogens is 264 g/mol. The maximum absolute atomic E-state index is 12.9. The summed E-state index contributed by atoms with van der Waals surface area (Å²) in [5, 5.41) is 3.39. The van der Waals surface area contributed by atoms with Crippen LogP contribution in [0, 0.1) is 11.3 Å². The van der Waals surface area contributed by atoms with Gasteiger partial charge in [0.15, 0.2) is 5.78 Å². The molecule has 1 aliphatic rings. The van der Waals surface area contributed by atoms with Crippen LogP contribution in [0.15, 0.2) is 18.5 Å². The van der Waals surface area contributed by atoms with E-state index in [1.807, 2.05) is 19.9 Å². The third-order valence-corrected chi connectivity index (χ3v) is 4.35. The van der Waals surface area contributed by atoms with E-state index >= 15 is 0 Å². The summed E-state index contributed by atoms with van der Waals surface area (Å²) in [7, 11) is 0. The molecule has 1 aromatic heterocycles. The molecule has 1 aliphatic heterocycles. The molecule has 2 heterocycles. The van der Waals surface area contributed by atoms with Crippen LogP contribution >= 0.6 is 0 Å². The molecule has 2 rings (SSSR count). The average molecular weight is 290 g/mol. The van der Waals surface area contributed by atoms with Crippen molar-refractivity contribution in [2.24, 2.45) is 11.3 Å². The summed E-state index contributed by atoms with van der Waals surface area (Å²) in [6, 6.07) is 1.82. The second-order valence-corrected chi connectivity index (χ2v) is 6.35. The standard InChI is InChI=1S/C17H26N2O2/c1-4-8-21-15-9-13(10-19-12-15)16(20)17(2,3)14-6-5-7-18-11-14/h9-10,12,14,18H,4-8,11H2,1-3H3. The van der Waals surface area contributed by atoms with Crippen LogP contribution in [0.25, 0.3) is 0 Å². The van der Waals surface area contributed by atoms with Gasteiger partial charge in [0.05, 0.1) is 12.8 Å². The van der Waals surface area contributed by atoms with Gasteiger partial charge in [-0.3, -0.25) is 9.78 Å². The van der Waals surface area contributed by atoms with Gasteiger partial charge in [-0.25, -0.2) is 0 Å². The smallest absolute Gasteiger partial charge is 0.170 e. The summed E-state index contributed by atoms with van der Waals surface area (Å²) >= 11 is 0. The van der Waals surface area contributed by atoms with Crippen LogP contribution in [0.2, 0.25) is 0 Å². The second kappa shape index (κ2) is 7.03. The van der Waals surface area contributed by atoms with E-state index in [-0.39, 0.29) is 11.2 Å². The van der Waals surface area contributed by atoms with Gasteiger partial charge in [0.2, 0.25) is 0 Å². The summed E-state index contributed by atoms with van der Waals surface area (Å²) in [6.45, 7) is 8.77. The molecule has 0 saturated carbocycles. The van der Waals surface area contributed by atoms with Gasteiger partial charge in [-0.05, 0) is 44.3 Å². The van der Waals surface area contributed by atoms with Gasteiger partial charge >= 0.3 is 0 Å². The average Bonchev–Trinajstić information content (AvgIpc) is 2.53. The minimum atomic E-state index is -0.377. The Kier molecular flexibility index (Phi) is 5.34. The number of carbonyl (C=O) groups excluding carboxylic acids is 1. The lowest BCUT2D eigenvalue weighted by Gasteiger charge is -2.36. The van der Waals surface area contributed by atoms with Gasteiger partial charge in [-0.2, -0.15) is 0 Å². The Morgan fingerprint density at radius 1 is 1.48 bits per heavy atom. The van der Waals surface area contributed by atoms with E-state index in [2.05, 4.69) is 17.2 Å². The highest BCUT2D eigenvalue weighted by molar-refractivity contribution is 6.00. The minimum Gasteiger partial charge on any atom is -0.492 e. The number of piperidine rings is 1. The molecule has 0 spiro atoms. The lowest BCUT2D eigenvalue weighted by Crippen LogP contribution is -2.42. The Labute approximate surface area is 127 Å². The molecule has 1 N–H and O–H groups in total. The number of aromatic nitrogens is 1. The van der Waals surface area contributed by atoms with Crippen LogP contribution < -0.4 is 10.1 Å². The van der Waals surface area contributed by atoms with Gasteiger partial charge in [-0.1, -0.05) is 20.8 Å². The Hall–Kier alpha value is -1.42. The normalized spacial score (nSPS) is 19.3. The summed E-state index contributed by atoms with van der Waals surface area (Å²) in [5.41, 5.74) is 0.276. The molecule has 0 aliphatic carbocycles. The number of hydrogen-bond donors (Lipinski definition) is 1. The van der Waals surface area contributed by atoms with Crippen LogP contribution in [0.4, 0.5) is 0 Å². The van der Waals surface area contributed by atoms with Crippen molar-refractivity contribution in [3.05, 3.63) is 24.0 Å². The fourth-order valence-electron chi connectivity index (χ4n) is 2.87. The molecule has 21 heavy (non-hydrogen) atoms. The highest BCUT2D eigenvalue weighted by Crippen LogP contribution is 2.35. The Morgan fingerprint density at radius 3 is 2.95 bits per heavy atom. The largest absolute Gasteiger partial charge is 0.492 e. The molecule has 1 atom stereocenters. The van der Waals surface area contributed by atoms with Crippen molar-refractivity contribution < 1.29 is 9.53 Å². The second-order valence-electron chi connectivity index (χ2n) is 6.35. The SMILES string of the molecule is CCCOc1cncc(C(=O)C(C)(C)C2CCCNC2)c1. The highest BCUT2D eigenvalue weighted by Gasteiger charge is 2.37. The lowest BCUT2D eigenvalue weighted by molar-refractivity contribution is 0.0707. The predicted molar refractivity (Wildman–Crippen MR) is 83.7 cm³/mol. The summed E-state index contributed by atoms with van der Waals surface area (Å²) in [5.74, 6) is 1.21. The van der Waals surface area contributed by atoms with Gasteiger partial charge in [-0.15, -0.1) is 0 Å². The van der Waals surface area contributed by atoms with Gasteiger partial charge in [0.1, 0.15) is 5.75 Å². The number of hydrogen-bond acceptors (Lipinski definition) is 4. The molecule has 4 nitrogen and oxygen atoms in total. The fourth-order valence-corrected chi connectivity index (χ4v) is 2.87. The first-order valence-electron chi connectivity index (χ1n) is 7.89.